The standard InChI is InChI=1S/C11H9ClN4O2/c12-8-3-4-13-9-5-7(15-16(8)9)6-1-2-10(17)14-11(6)18/h3-6H,1-2H2,(H,14,17,18). The number of imide groups is 1. The summed E-state index contributed by atoms with van der Waals surface area (Å²) in [7, 11) is 0. The highest BCUT2D eigenvalue weighted by Crippen LogP contribution is 2.25. The van der Waals surface area contributed by atoms with Gasteiger partial charge >= 0.3 is 0 Å². The monoisotopic (exact) mass is 264 g/mol. The molecule has 0 aromatic carbocycles. The van der Waals surface area contributed by atoms with E-state index in [4.69, 9.17) is 11.6 Å². The van der Waals surface area contributed by atoms with Gasteiger partial charge in [0.15, 0.2) is 5.65 Å². The lowest BCUT2D eigenvalue weighted by atomic mass is 9.95. The Kier molecular flexibility index (Phi) is 2.52. The number of amides is 2. The van der Waals surface area contributed by atoms with Crippen molar-refractivity contribution in [3.05, 3.63) is 29.2 Å². The number of nitrogens with one attached hydrogen (secondary N) is 1. The lowest BCUT2D eigenvalue weighted by molar-refractivity contribution is -0.134. The van der Waals surface area contributed by atoms with Crippen molar-refractivity contribution in [2.75, 3.05) is 0 Å². The first kappa shape index (κ1) is 11.2. The van der Waals surface area contributed by atoms with Crippen LogP contribution in [-0.4, -0.2) is 26.4 Å². The summed E-state index contributed by atoms with van der Waals surface area (Å²) >= 11 is 5.97. The van der Waals surface area contributed by atoms with Crippen LogP contribution in [0.3, 0.4) is 0 Å². The summed E-state index contributed by atoms with van der Waals surface area (Å²) in [6, 6.07) is 3.34. The van der Waals surface area contributed by atoms with Crippen LogP contribution in [0.4, 0.5) is 0 Å². The Morgan fingerprint density at radius 1 is 1.44 bits per heavy atom. The molecule has 6 nitrogen and oxygen atoms in total. The summed E-state index contributed by atoms with van der Waals surface area (Å²) in [6.45, 7) is 0. The van der Waals surface area contributed by atoms with Crippen molar-refractivity contribution in [2.45, 2.75) is 18.8 Å². The molecule has 7 heteroatoms. The van der Waals surface area contributed by atoms with Crippen molar-refractivity contribution in [3.63, 3.8) is 0 Å². The zero-order chi connectivity index (χ0) is 12.7. The van der Waals surface area contributed by atoms with Gasteiger partial charge in [-0.25, -0.2) is 9.50 Å². The van der Waals surface area contributed by atoms with Crippen LogP contribution in [0, 0.1) is 0 Å². The number of rotatable bonds is 1. The molecule has 1 aliphatic rings. The molecule has 0 aliphatic carbocycles. The molecule has 1 fully saturated rings. The summed E-state index contributed by atoms with van der Waals surface area (Å²) in [5.74, 6) is -0.970. The average molecular weight is 265 g/mol. The van der Waals surface area contributed by atoms with Crippen molar-refractivity contribution in [3.8, 4) is 0 Å². The lowest BCUT2D eigenvalue weighted by Gasteiger charge is -2.18. The Labute approximate surface area is 107 Å². The van der Waals surface area contributed by atoms with Crippen molar-refractivity contribution in [2.24, 2.45) is 0 Å². The predicted molar refractivity (Wildman–Crippen MR) is 63.1 cm³/mol. The molecule has 1 N–H and O–H groups in total. The summed E-state index contributed by atoms with van der Waals surface area (Å²) in [4.78, 5) is 26.9. The third-order valence-corrected chi connectivity index (χ3v) is 3.21. The number of nitrogens with zero attached hydrogens (tertiary/aromatic N) is 3. The molecule has 0 spiro atoms. The highest BCUT2D eigenvalue weighted by atomic mass is 35.5. The Hall–Kier alpha value is -1.95. The number of carbonyl (C=O) groups excluding carboxylic acids is 2. The average Bonchev–Trinajstić information content (AvgIpc) is 2.74. The van der Waals surface area contributed by atoms with Crippen molar-refractivity contribution < 1.29 is 9.59 Å². The zero-order valence-electron chi connectivity index (χ0n) is 9.26. The molecule has 0 bridgehead atoms. The van der Waals surface area contributed by atoms with E-state index in [0.29, 0.717) is 29.3 Å². The molecule has 18 heavy (non-hydrogen) atoms. The molecular formula is C11H9ClN4O2. The van der Waals surface area contributed by atoms with E-state index in [0.717, 1.165) is 0 Å². The smallest absolute Gasteiger partial charge is 0.235 e. The lowest BCUT2D eigenvalue weighted by Crippen LogP contribution is -2.39. The van der Waals surface area contributed by atoms with Gasteiger partial charge in [0.25, 0.3) is 0 Å². The first-order chi connectivity index (χ1) is 8.65. The van der Waals surface area contributed by atoms with Gasteiger partial charge in [-0.1, -0.05) is 11.6 Å². The van der Waals surface area contributed by atoms with Gasteiger partial charge < -0.3 is 0 Å². The van der Waals surface area contributed by atoms with E-state index in [1.807, 2.05) is 0 Å². The molecule has 3 rings (SSSR count). The maximum Gasteiger partial charge on any atom is 0.235 e. The normalized spacial score (nSPS) is 20.2. The first-order valence-electron chi connectivity index (χ1n) is 5.49. The van der Waals surface area contributed by atoms with Crippen LogP contribution in [0.1, 0.15) is 24.5 Å². The number of carbonyl (C=O) groups is 2. The Bertz CT molecular complexity index is 652. The van der Waals surface area contributed by atoms with Gasteiger partial charge in [0.2, 0.25) is 11.8 Å². The second-order valence-electron chi connectivity index (χ2n) is 4.11. The van der Waals surface area contributed by atoms with Gasteiger partial charge in [0.05, 0.1) is 11.6 Å². The van der Waals surface area contributed by atoms with E-state index < -0.39 is 5.92 Å². The Morgan fingerprint density at radius 3 is 3.00 bits per heavy atom. The van der Waals surface area contributed by atoms with Crippen molar-refractivity contribution >= 4 is 29.1 Å². The Morgan fingerprint density at radius 2 is 2.28 bits per heavy atom. The van der Waals surface area contributed by atoms with Crippen LogP contribution in [-0.2, 0) is 9.59 Å². The largest absolute Gasteiger partial charge is 0.296 e. The highest BCUT2D eigenvalue weighted by Gasteiger charge is 2.30. The third kappa shape index (κ3) is 1.74. The third-order valence-electron chi connectivity index (χ3n) is 2.93. The molecule has 3 heterocycles. The minimum atomic E-state index is -0.416. The van der Waals surface area contributed by atoms with Crippen LogP contribution in [0.2, 0.25) is 5.15 Å². The van der Waals surface area contributed by atoms with Crippen molar-refractivity contribution in [1.82, 2.24) is 19.9 Å². The molecule has 1 atom stereocenters. The minimum absolute atomic E-state index is 0.240. The minimum Gasteiger partial charge on any atom is -0.296 e. The van der Waals surface area contributed by atoms with Crippen LogP contribution in [0.25, 0.3) is 5.65 Å². The fraction of sp³-hybridized carbons (Fsp3) is 0.273. The van der Waals surface area contributed by atoms with E-state index in [1.54, 1.807) is 18.3 Å². The molecule has 1 aliphatic heterocycles. The van der Waals surface area contributed by atoms with Gasteiger partial charge in [-0.2, -0.15) is 5.10 Å². The summed E-state index contributed by atoms with van der Waals surface area (Å²) in [6.07, 6.45) is 2.37. The fourth-order valence-electron chi connectivity index (χ4n) is 2.03. The van der Waals surface area contributed by atoms with Crippen LogP contribution in [0.5, 0.6) is 0 Å². The molecule has 92 valence electrons. The van der Waals surface area contributed by atoms with E-state index in [-0.39, 0.29) is 11.8 Å². The Balaban J connectivity index is 2.02. The van der Waals surface area contributed by atoms with Gasteiger partial charge in [0.1, 0.15) is 5.15 Å². The molecule has 2 amide bonds. The summed E-state index contributed by atoms with van der Waals surface area (Å²) < 4.78 is 1.47. The van der Waals surface area contributed by atoms with Gasteiger partial charge in [0, 0.05) is 18.7 Å². The molecule has 2 aromatic heterocycles. The van der Waals surface area contributed by atoms with Crippen LogP contribution >= 0.6 is 11.6 Å². The SMILES string of the molecule is O=C1CCC(c2cc3nccc(Cl)n3n2)C(=O)N1. The van der Waals surface area contributed by atoms with Gasteiger partial charge in [-0.3, -0.25) is 14.9 Å². The van der Waals surface area contributed by atoms with Crippen LogP contribution in [0.15, 0.2) is 18.3 Å². The maximum atomic E-state index is 11.7. The van der Waals surface area contributed by atoms with E-state index in [2.05, 4.69) is 15.4 Å². The summed E-state index contributed by atoms with van der Waals surface area (Å²) in [5, 5.41) is 7.00. The van der Waals surface area contributed by atoms with Gasteiger partial charge in [-0.05, 0) is 12.5 Å². The van der Waals surface area contributed by atoms with Crippen LogP contribution < -0.4 is 5.32 Å². The number of hydrogen-bond donors (Lipinski definition) is 1. The molecular weight excluding hydrogens is 256 g/mol. The number of aromatic nitrogens is 3. The van der Waals surface area contributed by atoms with E-state index in [9.17, 15) is 9.59 Å². The molecule has 1 unspecified atom stereocenters. The number of piperidine rings is 1. The fourth-order valence-corrected chi connectivity index (χ4v) is 2.21. The van der Waals surface area contributed by atoms with E-state index >= 15 is 0 Å². The molecule has 0 radical (unpaired) electrons. The second kappa shape index (κ2) is 4.06. The van der Waals surface area contributed by atoms with Gasteiger partial charge in [-0.15, -0.1) is 0 Å². The second-order valence-corrected chi connectivity index (χ2v) is 4.50. The number of hydrogen-bond acceptors (Lipinski definition) is 4. The molecule has 1 saturated heterocycles. The molecule has 0 saturated carbocycles. The quantitative estimate of drug-likeness (QED) is 0.613. The zero-order valence-corrected chi connectivity index (χ0v) is 10.0. The van der Waals surface area contributed by atoms with Crippen molar-refractivity contribution in [1.29, 1.82) is 0 Å². The maximum absolute atomic E-state index is 11.7. The highest BCUT2D eigenvalue weighted by molar-refractivity contribution is 6.29. The molecule has 2 aromatic rings. The number of fused-ring (bicyclic) bond motifs is 1. The number of halogens is 1. The topological polar surface area (TPSA) is 76.4 Å². The van der Waals surface area contributed by atoms with E-state index in [1.165, 1.54) is 4.52 Å². The summed E-state index contributed by atoms with van der Waals surface area (Å²) in [5.41, 5.74) is 1.17. The predicted octanol–water partition coefficient (Wildman–Crippen LogP) is 0.903. The first-order valence-corrected chi connectivity index (χ1v) is 5.87.